The van der Waals surface area contributed by atoms with Gasteiger partial charge in [0.1, 0.15) is 5.82 Å². The molecule has 2 saturated heterocycles. The number of nitriles is 1. The molecule has 3 fully saturated rings. The Kier molecular flexibility index (Phi) is 6.37. The summed E-state index contributed by atoms with van der Waals surface area (Å²) in [5, 5.41) is 13.0. The van der Waals surface area contributed by atoms with Crippen molar-refractivity contribution in [2.45, 2.75) is 70.5 Å². The summed E-state index contributed by atoms with van der Waals surface area (Å²) in [7, 11) is 0. The Balaban J connectivity index is 1.34. The Morgan fingerprint density at radius 3 is 2.55 bits per heavy atom. The molecule has 2 bridgehead atoms. The van der Waals surface area contributed by atoms with E-state index >= 15 is 0 Å². The van der Waals surface area contributed by atoms with Crippen molar-refractivity contribution in [3.8, 4) is 6.07 Å². The van der Waals surface area contributed by atoms with Crippen LogP contribution in [0.1, 0.15) is 52.0 Å². The Labute approximate surface area is 185 Å². The zero-order valence-corrected chi connectivity index (χ0v) is 19.0. The third kappa shape index (κ3) is 4.94. The number of rotatable bonds is 6. The number of carbonyl (C=O) groups is 1. The summed E-state index contributed by atoms with van der Waals surface area (Å²) in [5.74, 6) is -0.218. The van der Waals surface area contributed by atoms with Gasteiger partial charge in [0.25, 0.3) is 0 Å². The van der Waals surface area contributed by atoms with Gasteiger partial charge < -0.3 is 10.2 Å². The molecule has 4 atom stereocenters. The van der Waals surface area contributed by atoms with Crippen molar-refractivity contribution < 1.29 is 9.18 Å². The summed E-state index contributed by atoms with van der Waals surface area (Å²) in [6.07, 6.45) is 3.82. The van der Waals surface area contributed by atoms with Crippen molar-refractivity contribution in [3.05, 3.63) is 29.6 Å². The van der Waals surface area contributed by atoms with Crippen molar-refractivity contribution in [2.75, 3.05) is 31.1 Å². The number of hydrogen-bond acceptors (Lipinski definition) is 5. The zero-order valence-electron chi connectivity index (χ0n) is 19.0. The monoisotopic (exact) mass is 426 g/mol. The standard InChI is InChI=1S/C25H35FN4O/c1-25(2,3)30-10-8-29(9-11-30)21-7-5-18(22(26)15-21)12-17(16-27)13-23(31)24-19-4-6-20(14-19)28-24/h5,7,15,17,19-20,24,28H,4,6,8-14H2,1-3H3/t17-,19+,20-,24+/m1/s1. The number of piperazine rings is 1. The first-order valence-electron chi connectivity index (χ1n) is 11.7. The first kappa shape index (κ1) is 22.2. The molecular weight excluding hydrogens is 391 g/mol. The van der Waals surface area contributed by atoms with Gasteiger partial charge in [-0.1, -0.05) is 6.07 Å². The second-order valence-corrected chi connectivity index (χ2v) is 10.5. The van der Waals surface area contributed by atoms with Crippen molar-refractivity contribution in [2.24, 2.45) is 11.8 Å². The SMILES string of the molecule is CC(C)(C)N1CCN(c2ccc(C[C@@H](C#N)CC(=O)[C@H]3N[C@@H]4CC[C@H]3C4)c(F)c2)CC1. The van der Waals surface area contributed by atoms with E-state index in [1.54, 1.807) is 12.1 Å². The summed E-state index contributed by atoms with van der Waals surface area (Å²) in [4.78, 5) is 17.4. The van der Waals surface area contributed by atoms with Gasteiger partial charge in [0, 0.05) is 49.9 Å². The van der Waals surface area contributed by atoms with Crippen molar-refractivity contribution in [1.29, 1.82) is 5.26 Å². The maximum Gasteiger partial charge on any atom is 0.151 e. The third-order valence-electron chi connectivity index (χ3n) is 7.43. The van der Waals surface area contributed by atoms with Crippen molar-refractivity contribution in [3.63, 3.8) is 0 Å². The number of halogens is 1. The fraction of sp³-hybridized carbons (Fsp3) is 0.680. The van der Waals surface area contributed by atoms with Crippen LogP contribution in [0.5, 0.6) is 0 Å². The molecule has 31 heavy (non-hydrogen) atoms. The number of ketones is 1. The number of piperidine rings is 1. The molecule has 1 saturated carbocycles. The van der Waals surface area contributed by atoms with E-state index < -0.39 is 5.92 Å². The van der Waals surface area contributed by atoms with E-state index in [4.69, 9.17) is 0 Å². The molecule has 4 rings (SSSR count). The van der Waals surface area contributed by atoms with Gasteiger partial charge in [0.15, 0.2) is 5.78 Å². The maximum absolute atomic E-state index is 14.9. The molecule has 2 aliphatic heterocycles. The quantitative estimate of drug-likeness (QED) is 0.754. The van der Waals surface area contributed by atoms with Gasteiger partial charge in [-0.15, -0.1) is 0 Å². The molecule has 2 heterocycles. The summed E-state index contributed by atoms with van der Waals surface area (Å²) in [6, 6.07) is 7.95. The highest BCUT2D eigenvalue weighted by Crippen LogP contribution is 2.36. The lowest BCUT2D eigenvalue weighted by molar-refractivity contribution is -0.122. The second-order valence-electron chi connectivity index (χ2n) is 10.5. The van der Waals surface area contributed by atoms with E-state index in [1.807, 2.05) is 6.07 Å². The number of carbonyl (C=O) groups excluding carboxylic acids is 1. The average molecular weight is 427 g/mol. The van der Waals surface area contributed by atoms with Crippen LogP contribution >= 0.6 is 0 Å². The van der Waals surface area contributed by atoms with E-state index in [2.05, 4.69) is 42.0 Å². The van der Waals surface area contributed by atoms with Crippen LogP contribution in [0.3, 0.4) is 0 Å². The van der Waals surface area contributed by atoms with Crippen LogP contribution in [0.15, 0.2) is 18.2 Å². The van der Waals surface area contributed by atoms with Crippen molar-refractivity contribution in [1.82, 2.24) is 10.2 Å². The molecule has 0 radical (unpaired) electrons. The lowest BCUT2D eigenvalue weighted by Gasteiger charge is -2.43. The molecule has 0 amide bonds. The predicted molar refractivity (Wildman–Crippen MR) is 120 cm³/mol. The number of nitrogens with one attached hydrogen (secondary N) is 1. The van der Waals surface area contributed by atoms with Crippen LogP contribution in [0.4, 0.5) is 10.1 Å². The van der Waals surface area contributed by atoms with Crippen LogP contribution in [-0.2, 0) is 11.2 Å². The molecule has 168 valence electrons. The number of anilines is 1. The highest BCUT2D eigenvalue weighted by Gasteiger charge is 2.42. The fourth-order valence-corrected chi connectivity index (χ4v) is 5.55. The first-order chi connectivity index (χ1) is 14.7. The van der Waals surface area contributed by atoms with Crippen LogP contribution in [-0.4, -0.2) is 54.5 Å². The van der Waals surface area contributed by atoms with Crippen LogP contribution in [0, 0.1) is 29.0 Å². The fourth-order valence-electron chi connectivity index (χ4n) is 5.55. The molecule has 3 aliphatic rings. The Bertz CT molecular complexity index is 850. The largest absolute Gasteiger partial charge is 0.369 e. The number of hydrogen-bond donors (Lipinski definition) is 1. The van der Waals surface area contributed by atoms with Gasteiger partial charge in [0.2, 0.25) is 0 Å². The Morgan fingerprint density at radius 1 is 1.26 bits per heavy atom. The smallest absolute Gasteiger partial charge is 0.151 e. The number of nitrogens with zero attached hydrogens (tertiary/aromatic N) is 3. The van der Waals surface area contributed by atoms with E-state index in [1.165, 1.54) is 0 Å². The first-order valence-corrected chi connectivity index (χ1v) is 11.7. The average Bonchev–Trinajstić information content (AvgIpc) is 3.37. The lowest BCUT2D eigenvalue weighted by Crippen LogP contribution is -2.53. The van der Waals surface area contributed by atoms with Crippen LogP contribution < -0.4 is 10.2 Å². The van der Waals surface area contributed by atoms with E-state index in [-0.39, 0.29) is 36.0 Å². The number of benzene rings is 1. The highest BCUT2D eigenvalue weighted by molar-refractivity contribution is 5.85. The third-order valence-corrected chi connectivity index (χ3v) is 7.43. The second kappa shape index (κ2) is 8.88. The normalized spacial score (nSPS) is 27.3. The number of Topliss-reactive ketones (excluding diaryl/α,β-unsaturated/α-hetero) is 1. The van der Waals surface area contributed by atoms with Crippen molar-refractivity contribution >= 4 is 11.5 Å². The van der Waals surface area contributed by atoms with E-state index in [0.29, 0.717) is 17.5 Å². The summed E-state index contributed by atoms with van der Waals surface area (Å²) < 4.78 is 14.9. The van der Waals surface area contributed by atoms with Gasteiger partial charge in [-0.2, -0.15) is 5.26 Å². The molecule has 1 aliphatic carbocycles. The summed E-state index contributed by atoms with van der Waals surface area (Å²) in [6.45, 7) is 10.3. The van der Waals surface area contributed by atoms with Gasteiger partial charge in [-0.25, -0.2) is 4.39 Å². The van der Waals surface area contributed by atoms with E-state index in [9.17, 15) is 14.4 Å². The highest BCUT2D eigenvalue weighted by atomic mass is 19.1. The van der Waals surface area contributed by atoms with Crippen LogP contribution in [0.25, 0.3) is 0 Å². The molecule has 1 N–H and O–H groups in total. The van der Waals surface area contributed by atoms with Gasteiger partial charge in [-0.05, 0) is 70.1 Å². The Hall–Kier alpha value is -1.97. The summed E-state index contributed by atoms with van der Waals surface area (Å²) in [5.41, 5.74) is 1.57. The summed E-state index contributed by atoms with van der Waals surface area (Å²) >= 11 is 0. The zero-order chi connectivity index (χ0) is 22.2. The molecule has 0 unspecified atom stereocenters. The van der Waals surface area contributed by atoms with Gasteiger partial charge >= 0.3 is 0 Å². The maximum atomic E-state index is 14.9. The minimum Gasteiger partial charge on any atom is -0.369 e. The topological polar surface area (TPSA) is 59.4 Å². The van der Waals surface area contributed by atoms with Crippen LogP contribution in [0.2, 0.25) is 0 Å². The molecule has 0 aromatic heterocycles. The molecular formula is C25H35FN4O. The molecule has 5 nitrogen and oxygen atoms in total. The predicted octanol–water partition coefficient (Wildman–Crippen LogP) is 3.53. The minimum atomic E-state index is -0.482. The molecule has 1 aromatic rings. The minimum absolute atomic E-state index is 0.103. The molecule has 1 aromatic carbocycles. The number of fused-ring (bicyclic) bond motifs is 2. The molecule has 0 spiro atoms. The lowest BCUT2D eigenvalue weighted by atomic mass is 9.88. The Morgan fingerprint density at radius 2 is 2.00 bits per heavy atom. The van der Waals surface area contributed by atoms with Gasteiger partial charge in [-0.3, -0.25) is 9.69 Å². The van der Waals surface area contributed by atoms with E-state index in [0.717, 1.165) is 51.1 Å². The van der Waals surface area contributed by atoms with Gasteiger partial charge in [0.05, 0.1) is 18.0 Å². The molecule has 6 heteroatoms.